The Morgan fingerprint density at radius 2 is 1.92 bits per heavy atom. The Hall–Kier alpha value is -2.28. The van der Waals surface area contributed by atoms with Crippen molar-refractivity contribution >= 4 is 16.7 Å². The molecule has 1 atom stereocenters. The quantitative estimate of drug-likeness (QED) is 0.926. The Morgan fingerprint density at radius 1 is 1.21 bits per heavy atom. The van der Waals surface area contributed by atoms with Gasteiger partial charge in [0.05, 0.1) is 6.61 Å². The van der Waals surface area contributed by atoms with Gasteiger partial charge in [0.25, 0.3) is 0 Å². The first-order chi connectivity index (χ1) is 11.4. The molecule has 24 heavy (non-hydrogen) atoms. The van der Waals surface area contributed by atoms with Crippen LogP contribution in [0.5, 0.6) is 5.75 Å². The minimum Gasteiger partial charge on any atom is -0.494 e. The normalized spacial score (nSPS) is 17.1. The molecule has 0 spiro atoms. The Balaban J connectivity index is 1.98. The van der Waals surface area contributed by atoms with E-state index in [-0.39, 0.29) is 18.5 Å². The highest BCUT2D eigenvalue weighted by Gasteiger charge is 2.46. The lowest BCUT2D eigenvalue weighted by molar-refractivity contribution is -0.191. The number of amides is 1. The number of fused-ring (bicyclic) bond motifs is 1. The summed E-state index contributed by atoms with van der Waals surface area (Å²) in [4.78, 5) is 11.3. The topological polar surface area (TPSA) is 41.6 Å². The summed E-state index contributed by atoms with van der Waals surface area (Å²) in [6.07, 6.45) is -4.42. The zero-order chi connectivity index (χ0) is 17.3. The molecule has 1 aliphatic heterocycles. The van der Waals surface area contributed by atoms with Crippen molar-refractivity contribution in [3.8, 4) is 5.75 Å². The first-order valence-corrected chi connectivity index (χ1v) is 7.68. The van der Waals surface area contributed by atoms with Crippen molar-refractivity contribution in [2.24, 2.45) is 0 Å². The number of rotatable bonds is 4. The van der Waals surface area contributed by atoms with Crippen molar-refractivity contribution in [1.29, 1.82) is 0 Å². The standard InChI is InChI=1S/C17H17F3N2O2/c1-2-24-14-6-5-11-9-13(4-3-12(11)10-14)16(17(18,19)20)22-8-7-15(23)21-22/h3-6,9-10,16H,2,7-8H2,1H3,(H,21,23)/t16-/m0/s1. The van der Waals surface area contributed by atoms with E-state index >= 15 is 0 Å². The first-order valence-electron chi connectivity index (χ1n) is 7.68. The van der Waals surface area contributed by atoms with Gasteiger partial charge in [-0.3, -0.25) is 10.2 Å². The lowest BCUT2D eigenvalue weighted by Crippen LogP contribution is -2.43. The fraction of sp³-hybridized carbons (Fsp3) is 0.353. The Kier molecular flexibility index (Phi) is 4.36. The molecule has 1 amide bonds. The van der Waals surface area contributed by atoms with Crippen LogP contribution in [0.3, 0.4) is 0 Å². The van der Waals surface area contributed by atoms with E-state index < -0.39 is 18.1 Å². The van der Waals surface area contributed by atoms with E-state index in [4.69, 9.17) is 4.74 Å². The summed E-state index contributed by atoms with van der Waals surface area (Å²) in [5, 5.41) is 2.45. The molecule has 3 rings (SSSR count). The molecular weight excluding hydrogens is 321 g/mol. The number of nitrogens with zero attached hydrogens (tertiary/aromatic N) is 1. The maximum Gasteiger partial charge on any atom is 0.409 e. The second-order valence-corrected chi connectivity index (χ2v) is 5.62. The Labute approximate surface area is 137 Å². The van der Waals surface area contributed by atoms with Crippen LogP contribution in [-0.4, -0.2) is 30.2 Å². The third-order valence-corrected chi connectivity index (χ3v) is 3.93. The fourth-order valence-corrected chi connectivity index (χ4v) is 2.90. The summed E-state index contributed by atoms with van der Waals surface area (Å²) in [5.41, 5.74) is 2.39. The zero-order valence-electron chi connectivity index (χ0n) is 13.1. The van der Waals surface area contributed by atoms with Crippen molar-refractivity contribution in [2.45, 2.75) is 25.6 Å². The van der Waals surface area contributed by atoms with Gasteiger partial charge in [0.2, 0.25) is 5.91 Å². The van der Waals surface area contributed by atoms with Crippen LogP contribution in [0.4, 0.5) is 13.2 Å². The number of ether oxygens (including phenoxy) is 1. The number of benzene rings is 2. The van der Waals surface area contributed by atoms with Crippen LogP contribution in [0, 0.1) is 0 Å². The number of carbonyl (C=O) groups is 1. The van der Waals surface area contributed by atoms with Crippen molar-refractivity contribution in [1.82, 2.24) is 10.4 Å². The maximum absolute atomic E-state index is 13.5. The molecule has 4 nitrogen and oxygen atoms in total. The summed E-state index contributed by atoms with van der Waals surface area (Å²) >= 11 is 0. The van der Waals surface area contributed by atoms with E-state index in [0.29, 0.717) is 17.7 Å². The Morgan fingerprint density at radius 3 is 2.54 bits per heavy atom. The monoisotopic (exact) mass is 338 g/mol. The molecule has 0 aromatic heterocycles. The molecule has 0 unspecified atom stereocenters. The van der Waals surface area contributed by atoms with E-state index in [0.717, 1.165) is 10.4 Å². The van der Waals surface area contributed by atoms with Crippen molar-refractivity contribution in [2.75, 3.05) is 13.2 Å². The highest BCUT2D eigenvalue weighted by atomic mass is 19.4. The molecule has 0 bridgehead atoms. The van der Waals surface area contributed by atoms with Gasteiger partial charge in [-0.1, -0.05) is 18.2 Å². The number of alkyl halides is 3. The van der Waals surface area contributed by atoms with Crippen LogP contribution in [0.2, 0.25) is 0 Å². The van der Waals surface area contributed by atoms with Crippen LogP contribution in [0.25, 0.3) is 10.8 Å². The molecule has 0 radical (unpaired) electrons. The molecule has 7 heteroatoms. The van der Waals surface area contributed by atoms with Gasteiger partial charge in [-0.2, -0.15) is 13.2 Å². The molecule has 1 heterocycles. The van der Waals surface area contributed by atoms with Gasteiger partial charge < -0.3 is 4.74 Å². The van der Waals surface area contributed by atoms with E-state index in [2.05, 4.69) is 5.43 Å². The van der Waals surface area contributed by atoms with Gasteiger partial charge in [-0.25, -0.2) is 5.01 Å². The van der Waals surface area contributed by atoms with E-state index in [1.54, 1.807) is 24.3 Å². The predicted octanol–water partition coefficient (Wildman–Crippen LogP) is 3.58. The van der Waals surface area contributed by atoms with E-state index in [1.165, 1.54) is 12.1 Å². The molecule has 128 valence electrons. The van der Waals surface area contributed by atoms with Gasteiger partial charge in [0, 0.05) is 13.0 Å². The van der Waals surface area contributed by atoms with Gasteiger partial charge in [-0.05, 0) is 41.5 Å². The minimum absolute atomic E-state index is 0.0321. The zero-order valence-corrected chi connectivity index (χ0v) is 13.1. The summed E-state index contributed by atoms with van der Waals surface area (Å²) < 4.78 is 46.0. The predicted molar refractivity (Wildman–Crippen MR) is 83.4 cm³/mol. The number of nitrogens with one attached hydrogen (secondary N) is 1. The van der Waals surface area contributed by atoms with Crippen molar-refractivity contribution in [3.63, 3.8) is 0 Å². The van der Waals surface area contributed by atoms with Gasteiger partial charge >= 0.3 is 6.18 Å². The molecule has 2 aromatic rings. The first kappa shape index (κ1) is 16.6. The number of hydrogen-bond acceptors (Lipinski definition) is 3. The molecule has 0 saturated carbocycles. The van der Waals surface area contributed by atoms with Crippen LogP contribution in [0.15, 0.2) is 36.4 Å². The molecule has 1 N–H and O–H groups in total. The van der Waals surface area contributed by atoms with Crippen molar-refractivity contribution < 1.29 is 22.7 Å². The smallest absolute Gasteiger partial charge is 0.409 e. The summed E-state index contributed by atoms with van der Waals surface area (Å²) in [7, 11) is 0. The van der Waals surface area contributed by atoms with E-state index in [1.807, 2.05) is 6.92 Å². The summed E-state index contributed by atoms with van der Waals surface area (Å²) in [5.74, 6) is 0.281. The second-order valence-electron chi connectivity index (χ2n) is 5.62. The molecule has 1 saturated heterocycles. The number of halogens is 3. The molecule has 0 aliphatic carbocycles. The number of hydrazine groups is 1. The maximum atomic E-state index is 13.5. The fourth-order valence-electron chi connectivity index (χ4n) is 2.90. The van der Waals surface area contributed by atoms with Crippen LogP contribution in [0.1, 0.15) is 24.9 Å². The average Bonchev–Trinajstić information content (AvgIpc) is 2.92. The Bertz CT molecular complexity index is 761. The second kappa shape index (κ2) is 6.32. The van der Waals surface area contributed by atoms with Crippen LogP contribution < -0.4 is 10.2 Å². The minimum atomic E-state index is -4.49. The third-order valence-electron chi connectivity index (χ3n) is 3.93. The van der Waals surface area contributed by atoms with Crippen LogP contribution in [-0.2, 0) is 4.79 Å². The number of hydrogen-bond donors (Lipinski definition) is 1. The summed E-state index contributed by atoms with van der Waals surface area (Å²) in [6, 6.07) is 8.00. The lowest BCUT2D eigenvalue weighted by atomic mass is 10.0. The molecule has 1 fully saturated rings. The SMILES string of the molecule is CCOc1ccc2cc([C@H](N3CCC(=O)N3)C(F)(F)F)ccc2c1. The third kappa shape index (κ3) is 3.31. The number of carbonyl (C=O) groups excluding carboxylic acids is 1. The van der Waals surface area contributed by atoms with Crippen LogP contribution >= 0.6 is 0 Å². The lowest BCUT2D eigenvalue weighted by Gasteiger charge is -2.29. The largest absolute Gasteiger partial charge is 0.494 e. The van der Waals surface area contributed by atoms with Crippen molar-refractivity contribution in [3.05, 3.63) is 42.0 Å². The van der Waals surface area contributed by atoms with E-state index in [9.17, 15) is 18.0 Å². The van der Waals surface area contributed by atoms with Gasteiger partial charge in [-0.15, -0.1) is 0 Å². The summed E-state index contributed by atoms with van der Waals surface area (Å²) in [6.45, 7) is 2.42. The average molecular weight is 338 g/mol. The molecular formula is C17H17F3N2O2. The highest BCUT2D eigenvalue weighted by Crippen LogP contribution is 2.39. The van der Waals surface area contributed by atoms with Gasteiger partial charge in [0.15, 0.2) is 0 Å². The molecule has 2 aromatic carbocycles. The highest BCUT2D eigenvalue weighted by molar-refractivity contribution is 5.84. The molecule has 1 aliphatic rings. The van der Waals surface area contributed by atoms with Gasteiger partial charge in [0.1, 0.15) is 11.8 Å².